The fourth-order valence-corrected chi connectivity index (χ4v) is 3.44. The Hall–Kier alpha value is -2.32. The van der Waals surface area contributed by atoms with Crippen LogP contribution in [0.2, 0.25) is 0 Å². The van der Waals surface area contributed by atoms with Gasteiger partial charge in [0.2, 0.25) is 0 Å². The number of hydrogen-bond donors (Lipinski definition) is 4. The van der Waals surface area contributed by atoms with E-state index in [-0.39, 0.29) is 17.9 Å². The molecule has 0 atom stereocenters. The van der Waals surface area contributed by atoms with Crippen LogP contribution in [0.15, 0.2) is 12.1 Å². The molecule has 1 aromatic carbocycles. The Balaban J connectivity index is 2.18. The summed E-state index contributed by atoms with van der Waals surface area (Å²) in [5, 5.41) is 9.15. The number of benzene rings is 1. The molecule has 0 saturated heterocycles. The summed E-state index contributed by atoms with van der Waals surface area (Å²) in [4.78, 5) is 25.4. The summed E-state index contributed by atoms with van der Waals surface area (Å²) in [7, 11) is 4.93. The van der Waals surface area contributed by atoms with Crippen molar-refractivity contribution in [3.8, 4) is 11.5 Å². The highest BCUT2D eigenvalue weighted by Gasteiger charge is 2.25. The second-order valence-corrected chi connectivity index (χ2v) is 6.96. The van der Waals surface area contributed by atoms with Gasteiger partial charge >= 0.3 is 0 Å². The van der Waals surface area contributed by atoms with E-state index in [1.54, 1.807) is 6.07 Å². The summed E-state index contributed by atoms with van der Waals surface area (Å²) in [5.41, 5.74) is 6.09. The topological polar surface area (TPSA) is 115 Å². The van der Waals surface area contributed by atoms with Crippen LogP contribution in [0.25, 0.3) is 0 Å². The van der Waals surface area contributed by atoms with Crippen LogP contribution in [-0.4, -0.2) is 58.3 Å². The van der Waals surface area contributed by atoms with Crippen molar-refractivity contribution >= 4 is 11.8 Å². The molecule has 28 heavy (non-hydrogen) atoms. The molecule has 0 heterocycles. The zero-order valence-corrected chi connectivity index (χ0v) is 17.0. The molecule has 0 aromatic heterocycles. The van der Waals surface area contributed by atoms with Crippen LogP contribution in [0.4, 0.5) is 0 Å². The predicted molar refractivity (Wildman–Crippen MR) is 108 cm³/mol. The highest BCUT2D eigenvalue weighted by Crippen LogP contribution is 2.30. The first kappa shape index (κ1) is 22.0. The molecular weight excluding hydrogens is 360 g/mol. The highest BCUT2D eigenvalue weighted by atomic mass is 16.5. The van der Waals surface area contributed by atoms with E-state index in [1.807, 2.05) is 7.05 Å². The van der Waals surface area contributed by atoms with Crippen LogP contribution in [0, 0.1) is 0 Å². The van der Waals surface area contributed by atoms with Gasteiger partial charge in [0.05, 0.1) is 25.3 Å². The van der Waals surface area contributed by atoms with Crippen molar-refractivity contribution in [2.24, 2.45) is 5.73 Å². The lowest BCUT2D eigenvalue weighted by Gasteiger charge is -2.29. The van der Waals surface area contributed by atoms with Gasteiger partial charge < -0.3 is 31.2 Å². The van der Waals surface area contributed by atoms with E-state index in [0.29, 0.717) is 48.2 Å². The molecule has 156 valence electrons. The maximum absolute atomic E-state index is 12.9. The normalized spacial score (nSPS) is 19.0. The molecule has 2 rings (SSSR count). The summed E-state index contributed by atoms with van der Waals surface area (Å²) < 4.78 is 10.7. The number of ether oxygens (including phenoxy) is 2. The number of hydrogen-bond acceptors (Lipinski definition) is 6. The molecule has 0 bridgehead atoms. The SMILES string of the molecule is CNC1CCC(NC(=O)c2cc(C(=O)NCCCN)c(OC)cc2OC)CC1. The Morgan fingerprint density at radius 3 is 2.11 bits per heavy atom. The summed E-state index contributed by atoms with van der Waals surface area (Å²) >= 11 is 0. The average Bonchev–Trinajstić information content (AvgIpc) is 2.73. The first-order chi connectivity index (χ1) is 13.5. The zero-order valence-electron chi connectivity index (χ0n) is 17.0. The quantitative estimate of drug-likeness (QED) is 0.467. The second kappa shape index (κ2) is 10.9. The minimum atomic E-state index is -0.309. The monoisotopic (exact) mass is 392 g/mol. The van der Waals surface area contributed by atoms with Crippen LogP contribution >= 0.6 is 0 Å². The van der Waals surface area contributed by atoms with Crippen molar-refractivity contribution in [2.75, 3.05) is 34.4 Å². The van der Waals surface area contributed by atoms with Gasteiger partial charge in [0.15, 0.2) is 0 Å². The van der Waals surface area contributed by atoms with E-state index in [1.165, 1.54) is 20.3 Å². The number of methoxy groups -OCH3 is 2. The van der Waals surface area contributed by atoms with Crippen molar-refractivity contribution < 1.29 is 19.1 Å². The molecule has 2 amide bonds. The molecule has 0 radical (unpaired) electrons. The number of nitrogens with two attached hydrogens (primary N) is 1. The molecule has 0 aliphatic heterocycles. The molecule has 0 spiro atoms. The number of nitrogens with one attached hydrogen (secondary N) is 3. The van der Waals surface area contributed by atoms with E-state index in [9.17, 15) is 9.59 Å². The van der Waals surface area contributed by atoms with Crippen molar-refractivity contribution in [2.45, 2.75) is 44.2 Å². The van der Waals surface area contributed by atoms with Crippen molar-refractivity contribution in [1.29, 1.82) is 0 Å². The van der Waals surface area contributed by atoms with Crippen molar-refractivity contribution in [1.82, 2.24) is 16.0 Å². The highest BCUT2D eigenvalue weighted by molar-refractivity contribution is 6.03. The van der Waals surface area contributed by atoms with Crippen LogP contribution in [-0.2, 0) is 0 Å². The minimum Gasteiger partial charge on any atom is -0.496 e. The summed E-state index contributed by atoms with van der Waals surface area (Å²) in [6.07, 6.45) is 4.56. The van der Waals surface area contributed by atoms with Crippen LogP contribution < -0.4 is 31.2 Å². The largest absolute Gasteiger partial charge is 0.496 e. The van der Waals surface area contributed by atoms with Gasteiger partial charge in [0.25, 0.3) is 11.8 Å². The fraction of sp³-hybridized carbons (Fsp3) is 0.600. The molecular formula is C20H32N4O4. The van der Waals surface area contributed by atoms with E-state index >= 15 is 0 Å². The summed E-state index contributed by atoms with van der Waals surface area (Å²) in [6.45, 7) is 0.949. The third kappa shape index (κ3) is 5.59. The molecule has 0 unspecified atom stereocenters. The maximum atomic E-state index is 12.9. The first-order valence-corrected chi connectivity index (χ1v) is 9.76. The summed E-state index contributed by atoms with van der Waals surface area (Å²) in [6, 6.07) is 3.73. The first-order valence-electron chi connectivity index (χ1n) is 9.76. The van der Waals surface area contributed by atoms with Gasteiger partial charge in [-0.15, -0.1) is 0 Å². The number of amides is 2. The van der Waals surface area contributed by atoms with Crippen molar-refractivity contribution in [3.05, 3.63) is 23.3 Å². The smallest absolute Gasteiger partial charge is 0.255 e. The average molecular weight is 393 g/mol. The number of carbonyl (C=O) groups excluding carboxylic acids is 2. The standard InChI is InChI=1S/C20H32N4O4/c1-22-13-5-7-14(8-6-13)24-20(26)16-11-15(19(25)23-10-4-9-21)17(27-2)12-18(16)28-3/h11-14,22H,4-10,21H2,1-3H3,(H,23,25)(H,24,26). The number of rotatable bonds is 9. The third-order valence-electron chi connectivity index (χ3n) is 5.15. The van der Waals surface area contributed by atoms with Gasteiger partial charge in [-0.25, -0.2) is 0 Å². The second-order valence-electron chi connectivity index (χ2n) is 6.96. The molecule has 1 fully saturated rings. The lowest BCUT2D eigenvalue weighted by Crippen LogP contribution is -2.41. The third-order valence-corrected chi connectivity index (χ3v) is 5.15. The molecule has 8 heteroatoms. The molecule has 5 N–H and O–H groups in total. The van der Waals surface area contributed by atoms with Gasteiger partial charge in [-0.3, -0.25) is 9.59 Å². The van der Waals surface area contributed by atoms with Gasteiger partial charge in [-0.1, -0.05) is 0 Å². The number of carbonyl (C=O) groups is 2. The van der Waals surface area contributed by atoms with Crippen molar-refractivity contribution in [3.63, 3.8) is 0 Å². The predicted octanol–water partition coefficient (Wildman–Crippen LogP) is 1.04. The van der Waals surface area contributed by atoms with E-state index < -0.39 is 0 Å². The van der Waals surface area contributed by atoms with Crippen LogP contribution in [0.5, 0.6) is 11.5 Å². The Labute approximate surface area is 166 Å². The van der Waals surface area contributed by atoms with Crippen LogP contribution in [0.1, 0.15) is 52.8 Å². The molecule has 1 aliphatic carbocycles. The lowest BCUT2D eigenvalue weighted by molar-refractivity contribution is 0.0921. The molecule has 8 nitrogen and oxygen atoms in total. The van der Waals surface area contributed by atoms with E-state index in [2.05, 4.69) is 16.0 Å². The fourth-order valence-electron chi connectivity index (χ4n) is 3.44. The van der Waals surface area contributed by atoms with Gasteiger partial charge in [0, 0.05) is 24.7 Å². The molecule has 1 aromatic rings. The Morgan fingerprint density at radius 1 is 1.00 bits per heavy atom. The molecule has 1 aliphatic rings. The van der Waals surface area contributed by atoms with E-state index in [0.717, 1.165) is 25.7 Å². The Bertz CT molecular complexity index is 672. The van der Waals surface area contributed by atoms with Gasteiger partial charge in [-0.05, 0) is 51.8 Å². The zero-order chi connectivity index (χ0) is 20.5. The van der Waals surface area contributed by atoms with Gasteiger partial charge in [0.1, 0.15) is 11.5 Å². The maximum Gasteiger partial charge on any atom is 0.255 e. The summed E-state index contributed by atoms with van der Waals surface area (Å²) in [5.74, 6) is 0.171. The molecule has 1 saturated carbocycles. The van der Waals surface area contributed by atoms with Crippen LogP contribution in [0.3, 0.4) is 0 Å². The Kier molecular flexibility index (Phi) is 8.53. The lowest BCUT2D eigenvalue weighted by atomic mass is 9.91. The van der Waals surface area contributed by atoms with Gasteiger partial charge in [-0.2, -0.15) is 0 Å². The minimum absolute atomic E-state index is 0.116. The van der Waals surface area contributed by atoms with E-state index in [4.69, 9.17) is 15.2 Å². The Morgan fingerprint density at radius 2 is 1.57 bits per heavy atom.